The van der Waals surface area contributed by atoms with Gasteiger partial charge in [-0.3, -0.25) is 4.79 Å². The minimum absolute atomic E-state index is 0.123. The fourth-order valence-electron chi connectivity index (χ4n) is 3.61. The van der Waals surface area contributed by atoms with Gasteiger partial charge in [0.2, 0.25) is 0 Å². The van der Waals surface area contributed by atoms with E-state index in [0.717, 1.165) is 40.4 Å². The molecule has 4 nitrogen and oxygen atoms in total. The van der Waals surface area contributed by atoms with Gasteiger partial charge in [0.15, 0.2) is 0 Å². The van der Waals surface area contributed by atoms with E-state index in [1.165, 1.54) is 5.56 Å². The van der Waals surface area contributed by atoms with Crippen molar-refractivity contribution in [1.82, 2.24) is 14.3 Å². The van der Waals surface area contributed by atoms with E-state index in [9.17, 15) is 4.79 Å². The number of hydrogen-bond donors (Lipinski definition) is 0. The molecule has 30 heavy (non-hydrogen) atoms. The Balaban J connectivity index is 1.24. The van der Waals surface area contributed by atoms with Crippen molar-refractivity contribution in [3.05, 3.63) is 102 Å². The first-order valence-electron chi connectivity index (χ1n) is 10.3. The van der Waals surface area contributed by atoms with Crippen LogP contribution >= 0.6 is 11.8 Å². The van der Waals surface area contributed by atoms with Crippen molar-refractivity contribution in [1.29, 1.82) is 0 Å². The van der Waals surface area contributed by atoms with E-state index in [2.05, 4.69) is 23.3 Å². The number of rotatable bonds is 7. The third kappa shape index (κ3) is 4.26. The molecule has 1 aliphatic carbocycles. The lowest BCUT2D eigenvalue weighted by molar-refractivity contribution is 0.0730. The Hall–Kier alpha value is -3.05. The Morgan fingerprint density at radius 1 is 1.00 bits per heavy atom. The number of amides is 1. The van der Waals surface area contributed by atoms with Crippen molar-refractivity contribution in [2.24, 2.45) is 0 Å². The molecule has 1 saturated carbocycles. The average molecular weight is 414 g/mol. The lowest BCUT2D eigenvalue weighted by atomic mass is 10.1. The summed E-state index contributed by atoms with van der Waals surface area (Å²) in [7, 11) is 0. The topological polar surface area (TPSA) is 37.6 Å². The number of carbonyl (C=O) groups excluding carboxylic acids is 1. The molecular formula is C25H23N3OS. The summed E-state index contributed by atoms with van der Waals surface area (Å²) in [5, 5.41) is 0. The van der Waals surface area contributed by atoms with Crippen LogP contribution in [0.3, 0.4) is 0 Å². The number of aromatic nitrogens is 2. The Bertz CT molecular complexity index is 1120. The molecule has 0 radical (unpaired) electrons. The fourth-order valence-corrected chi connectivity index (χ4v) is 4.39. The van der Waals surface area contributed by atoms with Gasteiger partial charge in [-0.05, 0) is 54.8 Å². The van der Waals surface area contributed by atoms with Crippen LogP contribution in [0.1, 0.15) is 34.5 Å². The summed E-state index contributed by atoms with van der Waals surface area (Å²) >= 11 is 1.74. The van der Waals surface area contributed by atoms with Gasteiger partial charge in [0.25, 0.3) is 5.91 Å². The zero-order valence-corrected chi connectivity index (χ0v) is 17.5. The van der Waals surface area contributed by atoms with Crippen LogP contribution in [0, 0.1) is 0 Å². The quantitative estimate of drug-likeness (QED) is 0.379. The summed E-state index contributed by atoms with van der Waals surface area (Å²) in [6, 6.07) is 24.6. The first-order valence-corrected chi connectivity index (χ1v) is 11.3. The van der Waals surface area contributed by atoms with Crippen LogP contribution in [0.5, 0.6) is 0 Å². The summed E-state index contributed by atoms with van der Waals surface area (Å²) in [6.07, 6.45) is 6.28. The van der Waals surface area contributed by atoms with E-state index >= 15 is 0 Å². The highest BCUT2D eigenvalue weighted by atomic mass is 32.2. The fraction of sp³-hybridized carbons (Fsp3) is 0.200. The number of nitrogens with zero attached hydrogens (tertiary/aromatic N) is 3. The normalized spacial score (nSPS) is 13.5. The van der Waals surface area contributed by atoms with Crippen LogP contribution in [-0.2, 0) is 12.3 Å². The molecular weight excluding hydrogens is 390 g/mol. The third-order valence-electron chi connectivity index (χ3n) is 5.35. The number of benzene rings is 2. The molecule has 0 atom stereocenters. The molecule has 1 amide bonds. The van der Waals surface area contributed by atoms with Gasteiger partial charge in [-0.1, -0.05) is 36.4 Å². The van der Waals surface area contributed by atoms with Crippen molar-refractivity contribution in [3.63, 3.8) is 0 Å². The lowest BCUT2D eigenvalue weighted by Crippen LogP contribution is -2.32. The van der Waals surface area contributed by atoms with Gasteiger partial charge in [0.05, 0.1) is 5.69 Å². The Morgan fingerprint density at radius 2 is 1.77 bits per heavy atom. The second-order valence-corrected chi connectivity index (χ2v) is 8.71. The van der Waals surface area contributed by atoms with Gasteiger partial charge in [0.1, 0.15) is 5.65 Å². The predicted octanol–water partition coefficient (Wildman–Crippen LogP) is 5.43. The molecule has 0 spiro atoms. The van der Waals surface area contributed by atoms with Gasteiger partial charge in [-0.15, -0.1) is 11.8 Å². The second-order valence-electron chi connectivity index (χ2n) is 7.66. The molecule has 2 aromatic carbocycles. The van der Waals surface area contributed by atoms with Crippen molar-refractivity contribution in [3.8, 4) is 0 Å². The van der Waals surface area contributed by atoms with Crippen molar-refractivity contribution >= 4 is 23.3 Å². The van der Waals surface area contributed by atoms with Crippen LogP contribution in [0.25, 0.3) is 5.65 Å². The second kappa shape index (κ2) is 8.36. The van der Waals surface area contributed by atoms with Crippen LogP contribution in [0.15, 0.2) is 90.1 Å². The lowest BCUT2D eigenvalue weighted by Gasteiger charge is -2.23. The van der Waals surface area contributed by atoms with Crippen LogP contribution < -0.4 is 0 Å². The average Bonchev–Trinajstić information content (AvgIpc) is 3.55. The first-order chi connectivity index (χ1) is 14.8. The summed E-state index contributed by atoms with van der Waals surface area (Å²) < 4.78 is 2.04. The molecule has 2 heterocycles. The van der Waals surface area contributed by atoms with Crippen molar-refractivity contribution < 1.29 is 4.79 Å². The number of fused-ring (bicyclic) bond motifs is 1. The minimum atomic E-state index is 0.123. The highest BCUT2D eigenvalue weighted by Gasteiger charge is 2.33. The largest absolute Gasteiger partial charge is 0.331 e. The summed E-state index contributed by atoms with van der Waals surface area (Å²) in [5.74, 6) is 0.926. The van der Waals surface area contributed by atoms with E-state index in [1.807, 2.05) is 76.2 Å². The summed E-state index contributed by atoms with van der Waals surface area (Å²) in [5.41, 5.74) is 3.95. The van der Waals surface area contributed by atoms with E-state index in [1.54, 1.807) is 11.8 Å². The van der Waals surface area contributed by atoms with Gasteiger partial charge in [-0.2, -0.15) is 0 Å². The van der Waals surface area contributed by atoms with Crippen LogP contribution in [-0.4, -0.2) is 26.2 Å². The smallest absolute Gasteiger partial charge is 0.254 e. The van der Waals surface area contributed by atoms with E-state index in [0.29, 0.717) is 12.6 Å². The van der Waals surface area contributed by atoms with Gasteiger partial charge in [-0.25, -0.2) is 4.98 Å². The maximum Gasteiger partial charge on any atom is 0.254 e. The standard InChI is InChI=1S/C25H23N3OS/c29-25(28(22-11-12-22)16-19-6-2-1-3-7-19)20-9-13-23(14-10-20)30-18-21-17-27-15-5-4-8-24(27)26-21/h1-10,13-15,17,22H,11-12,16,18H2. The maximum absolute atomic E-state index is 13.1. The molecule has 0 aliphatic heterocycles. The van der Waals surface area contributed by atoms with Gasteiger partial charge >= 0.3 is 0 Å². The van der Waals surface area contributed by atoms with Crippen LogP contribution in [0.4, 0.5) is 0 Å². The molecule has 0 saturated heterocycles. The van der Waals surface area contributed by atoms with E-state index < -0.39 is 0 Å². The summed E-state index contributed by atoms with van der Waals surface area (Å²) in [6.45, 7) is 0.675. The molecule has 2 aromatic heterocycles. The monoisotopic (exact) mass is 413 g/mol. The van der Waals surface area contributed by atoms with E-state index in [4.69, 9.17) is 0 Å². The first kappa shape index (κ1) is 18.9. The molecule has 150 valence electrons. The minimum Gasteiger partial charge on any atom is -0.331 e. The number of thioether (sulfide) groups is 1. The Morgan fingerprint density at radius 3 is 2.50 bits per heavy atom. The van der Waals surface area contributed by atoms with Crippen molar-refractivity contribution in [2.75, 3.05) is 0 Å². The summed E-state index contributed by atoms with van der Waals surface area (Å²) in [4.78, 5) is 20.9. The third-order valence-corrected chi connectivity index (χ3v) is 6.39. The zero-order valence-electron chi connectivity index (χ0n) is 16.6. The Labute approximate surface area is 180 Å². The van der Waals surface area contributed by atoms with E-state index in [-0.39, 0.29) is 5.91 Å². The number of imidazole rings is 1. The molecule has 1 aliphatic rings. The molecule has 4 aromatic rings. The maximum atomic E-state index is 13.1. The molecule has 0 bridgehead atoms. The highest BCUT2D eigenvalue weighted by molar-refractivity contribution is 7.98. The molecule has 0 unspecified atom stereocenters. The number of pyridine rings is 1. The Kier molecular flexibility index (Phi) is 5.28. The highest BCUT2D eigenvalue weighted by Crippen LogP contribution is 2.30. The predicted molar refractivity (Wildman–Crippen MR) is 121 cm³/mol. The van der Waals surface area contributed by atoms with Crippen LogP contribution in [0.2, 0.25) is 0 Å². The van der Waals surface area contributed by atoms with Gasteiger partial charge < -0.3 is 9.30 Å². The zero-order chi connectivity index (χ0) is 20.3. The number of hydrogen-bond acceptors (Lipinski definition) is 3. The molecule has 5 rings (SSSR count). The number of carbonyl (C=O) groups is 1. The molecule has 1 fully saturated rings. The molecule has 0 N–H and O–H groups in total. The van der Waals surface area contributed by atoms with Gasteiger partial charge in [0, 0.05) is 41.2 Å². The SMILES string of the molecule is O=C(c1ccc(SCc2cn3ccccc3n2)cc1)N(Cc1ccccc1)C1CC1. The molecule has 5 heteroatoms. The van der Waals surface area contributed by atoms with Crippen molar-refractivity contribution in [2.45, 2.75) is 36.1 Å².